The lowest BCUT2D eigenvalue weighted by Crippen LogP contribution is -2.27. The Bertz CT molecular complexity index is 1250. The maximum absolute atomic E-state index is 13.1. The fraction of sp³-hybridized carbons (Fsp3) is 0.273. The molecule has 0 heterocycles. The van der Waals surface area contributed by atoms with Crippen LogP contribution in [0.15, 0.2) is 70.5 Å². The molecule has 6 nitrogen and oxygen atoms in total. The number of benzene rings is 3. The van der Waals surface area contributed by atoms with E-state index in [9.17, 15) is 16.8 Å². The Morgan fingerprint density at radius 3 is 2.13 bits per heavy atom. The monoisotopic (exact) mass is 447 g/mol. The molecule has 160 valence electrons. The minimum Gasteiger partial charge on any atom is -0.493 e. The van der Waals surface area contributed by atoms with Gasteiger partial charge in [-0.1, -0.05) is 37.3 Å². The van der Waals surface area contributed by atoms with E-state index < -0.39 is 19.9 Å². The molecule has 0 spiro atoms. The lowest BCUT2D eigenvalue weighted by molar-refractivity contribution is 0.311. The van der Waals surface area contributed by atoms with Gasteiger partial charge >= 0.3 is 0 Å². The number of sulfone groups is 1. The van der Waals surface area contributed by atoms with Crippen molar-refractivity contribution in [3.63, 3.8) is 0 Å². The van der Waals surface area contributed by atoms with Crippen molar-refractivity contribution in [3.05, 3.63) is 66.2 Å². The summed E-state index contributed by atoms with van der Waals surface area (Å²) in [5, 5.41) is 1.93. The normalized spacial score (nSPS) is 12.4. The number of hydrogen-bond acceptors (Lipinski definition) is 5. The van der Waals surface area contributed by atoms with Crippen molar-refractivity contribution in [2.24, 2.45) is 0 Å². The maximum Gasteiger partial charge on any atom is 0.243 e. The van der Waals surface area contributed by atoms with E-state index in [0.717, 1.165) is 29.0 Å². The Morgan fingerprint density at radius 2 is 1.50 bits per heavy atom. The van der Waals surface area contributed by atoms with Crippen molar-refractivity contribution in [1.82, 2.24) is 4.31 Å². The molecule has 0 aliphatic carbocycles. The molecule has 0 aliphatic rings. The lowest BCUT2D eigenvalue weighted by Gasteiger charge is -2.21. The minimum absolute atomic E-state index is 0.0358. The quantitative estimate of drug-likeness (QED) is 0.524. The van der Waals surface area contributed by atoms with Gasteiger partial charge in [0.2, 0.25) is 10.0 Å². The van der Waals surface area contributed by atoms with Crippen LogP contribution >= 0.6 is 0 Å². The third-order valence-electron chi connectivity index (χ3n) is 4.80. The highest BCUT2D eigenvalue weighted by molar-refractivity contribution is 7.90. The van der Waals surface area contributed by atoms with Crippen LogP contribution in [0.25, 0.3) is 10.8 Å². The van der Waals surface area contributed by atoms with Gasteiger partial charge in [-0.2, -0.15) is 4.31 Å². The summed E-state index contributed by atoms with van der Waals surface area (Å²) in [6.07, 6.45) is 1.92. The van der Waals surface area contributed by atoms with Gasteiger partial charge in [-0.05, 0) is 47.5 Å². The first kappa shape index (κ1) is 22.3. The van der Waals surface area contributed by atoms with Gasteiger partial charge < -0.3 is 4.74 Å². The van der Waals surface area contributed by atoms with Crippen LogP contribution in [0.4, 0.5) is 0 Å². The molecule has 0 amide bonds. The smallest absolute Gasteiger partial charge is 0.243 e. The minimum atomic E-state index is -3.82. The molecule has 0 atom stereocenters. The van der Waals surface area contributed by atoms with Gasteiger partial charge in [0.25, 0.3) is 0 Å². The highest BCUT2D eigenvalue weighted by Crippen LogP contribution is 2.31. The number of ether oxygens (including phenoxy) is 1. The van der Waals surface area contributed by atoms with Crippen molar-refractivity contribution in [2.75, 3.05) is 19.9 Å². The predicted octanol–water partition coefficient (Wildman–Crippen LogP) is 3.85. The van der Waals surface area contributed by atoms with Crippen LogP contribution in [0.2, 0.25) is 0 Å². The maximum atomic E-state index is 13.1. The summed E-state index contributed by atoms with van der Waals surface area (Å²) in [5.41, 5.74) is 0.792. The van der Waals surface area contributed by atoms with E-state index in [1.165, 1.54) is 35.6 Å². The van der Waals surface area contributed by atoms with E-state index in [2.05, 4.69) is 0 Å². The summed E-state index contributed by atoms with van der Waals surface area (Å²) in [5.74, 6) is 0.657. The molecular formula is C22H25NO5S2. The molecule has 0 aromatic heterocycles. The summed E-state index contributed by atoms with van der Waals surface area (Å²) >= 11 is 0. The zero-order valence-electron chi connectivity index (χ0n) is 17.2. The first-order chi connectivity index (χ1) is 14.1. The van der Waals surface area contributed by atoms with Crippen molar-refractivity contribution in [3.8, 4) is 5.75 Å². The molecular weight excluding hydrogens is 422 g/mol. The van der Waals surface area contributed by atoms with Crippen molar-refractivity contribution in [2.45, 2.75) is 29.7 Å². The molecule has 0 unspecified atom stereocenters. The van der Waals surface area contributed by atoms with Gasteiger partial charge in [0.05, 0.1) is 16.4 Å². The topological polar surface area (TPSA) is 80.8 Å². The Morgan fingerprint density at radius 1 is 0.867 bits per heavy atom. The average Bonchev–Trinajstić information content (AvgIpc) is 2.72. The van der Waals surface area contributed by atoms with E-state index in [4.69, 9.17) is 4.74 Å². The highest BCUT2D eigenvalue weighted by Gasteiger charge is 2.23. The van der Waals surface area contributed by atoms with Gasteiger partial charge in [-0.3, -0.25) is 0 Å². The first-order valence-corrected chi connectivity index (χ1v) is 12.9. The predicted molar refractivity (Wildman–Crippen MR) is 118 cm³/mol. The average molecular weight is 448 g/mol. The largest absolute Gasteiger partial charge is 0.493 e. The fourth-order valence-corrected chi connectivity index (χ4v) is 4.94. The van der Waals surface area contributed by atoms with Gasteiger partial charge in [0.1, 0.15) is 5.75 Å². The van der Waals surface area contributed by atoms with Crippen LogP contribution < -0.4 is 4.74 Å². The molecule has 0 radical (unpaired) electrons. The third kappa shape index (κ3) is 4.66. The molecule has 3 rings (SSSR count). The number of sulfonamides is 1. The number of fused-ring (bicyclic) bond motifs is 1. The van der Waals surface area contributed by atoms with Crippen molar-refractivity contribution < 1.29 is 21.6 Å². The van der Waals surface area contributed by atoms with Crippen LogP contribution in [0.3, 0.4) is 0 Å². The third-order valence-corrected chi connectivity index (χ3v) is 7.75. The number of hydrogen-bond donors (Lipinski definition) is 0. The Hall–Kier alpha value is -2.42. The second-order valence-corrected chi connectivity index (χ2v) is 11.2. The van der Waals surface area contributed by atoms with Crippen LogP contribution in [0.1, 0.15) is 18.9 Å². The SMILES string of the molecule is CCCOc1ccc2ccccc2c1CN(C)S(=O)(=O)c1ccc(S(C)(=O)=O)cc1. The van der Waals surface area contributed by atoms with Gasteiger partial charge in [-0.25, -0.2) is 16.8 Å². The molecule has 0 bridgehead atoms. The number of rotatable bonds is 8. The zero-order chi connectivity index (χ0) is 21.9. The second kappa shape index (κ2) is 8.75. The van der Waals surface area contributed by atoms with E-state index in [1.807, 2.05) is 43.3 Å². The highest BCUT2D eigenvalue weighted by atomic mass is 32.2. The summed E-state index contributed by atoms with van der Waals surface area (Å²) < 4.78 is 56.6. The molecule has 3 aromatic carbocycles. The van der Waals surface area contributed by atoms with Crippen LogP contribution in [0, 0.1) is 0 Å². The van der Waals surface area contributed by atoms with E-state index >= 15 is 0 Å². The van der Waals surface area contributed by atoms with Crippen LogP contribution in [-0.2, 0) is 26.4 Å². The summed E-state index contributed by atoms with van der Waals surface area (Å²) in [4.78, 5) is 0.113. The van der Waals surface area contributed by atoms with Gasteiger partial charge in [0, 0.05) is 25.4 Å². The summed E-state index contributed by atoms with van der Waals surface area (Å²) in [6.45, 7) is 2.67. The molecule has 0 N–H and O–H groups in total. The summed E-state index contributed by atoms with van der Waals surface area (Å²) in [7, 11) is -5.71. The van der Waals surface area contributed by atoms with E-state index in [1.54, 1.807) is 0 Å². The molecule has 30 heavy (non-hydrogen) atoms. The lowest BCUT2D eigenvalue weighted by atomic mass is 10.0. The second-order valence-electron chi connectivity index (χ2n) is 7.12. The summed E-state index contributed by atoms with van der Waals surface area (Å²) in [6, 6.07) is 16.9. The van der Waals surface area contributed by atoms with Gasteiger partial charge in [0.15, 0.2) is 9.84 Å². The molecule has 8 heteroatoms. The Balaban J connectivity index is 1.98. The molecule has 0 aliphatic heterocycles. The first-order valence-electron chi connectivity index (χ1n) is 9.54. The fourth-order valence-electron chi connectivity index (χ4n) is 3.17. The Labute approximate surface area is 178 Å². The van der Waals surface area contributed by atoms with Gasteiger partial charge in [-0.15, -0.1) is 0 Å². The van der Waals surface area contributed by atoms with Crippen molar-refractivity contribution >= 4 is 30.6 Å². The van der Waals surface area contributed by atoms with Crippen LogP contribution in [-0.4, -0.2) is 41.1 Å². The number of nitrogens with zero attached hydrogens (tertiary/aromatic N) is 1. The van der Waals surface area contributed by atoms with Crippen LogP contribution in [0.5, 0.6) is 5.75 Å². The molecule has 0 saturated heterocycles. The van der Waals surface area contributed by atoms with Crippen molar-refractivity contribution in [1.29, 1.82) is 0 Å². The Kier molecular flexibility index (Phi) is 6.50. The molecule has 0 saturated carbocycles. The van der Waals surface area contributed by atoms with E-state index in [-0.39, 0.29) is 16.3 Å². The zero-order valence-corrected chi connectivity index (χ0v) is 18.8. The standard InChI is InChI=1S/C22H25NO5S2/c1-4-15-28-22-14-9-17-7-5-6-8-20(17)21(22)16-23(2)30(26,27)19-12-10-18(11-13-19)29(3,24)25/h5-14H,4,15-16H2,1-3H3. The van der Waals surface area contributed by atoms with E-state index in [0.29, 0.717) is 12.4 Å². The molecule has 0 fully saturated rings. The molecule has 3 aromatic rings.